The van der Waals surface area contributed by atoms with E-state index in [1.807, 2.05) is 0 Å². The third-order valence-electron chi connectivity index (χ3n) is 3.54. The minimum Gasteiger partial charge on any atom is -0.286 e. The van der Waals surface area contributed by atoms with Crippen molar-refractivity contribution in [2.45, 2.75) is 20.3 Å². The van der Waals surface area contributed by atoms with Crippen molar-refractivity contribution in [3.8, 4) is 0 Å². The monoisotopic (exact) mass is 302 g/mol. The topological polar surface area (TPSA) is 109 Å². The number of nitrogens with zero attached hydrogens (tertiary/aromatic N) is 1. The van der Waals surface area contributed by atoms with Crippen LogP contribution < -0.4 is 0 Å². The third kappa shape index (κ3) is 3.41. The summed E-state index contributed by atoms with van der Waals surface area (Å²) in [6, 6.07) is 0. The molecule has 9 heteroatoms. The fourth-order valence-electron chi connectivity index (χ4n) is 2.74. The van der Waals surface area contributed by atoms with Crippen molar-refractivity contribution >= 4 is 20.4 Å². The molecule has 0 bridgehead atoms. The van der Waals surface area contributed by atoms with Gasteiger partial charge in [0, 0.05) is 11.8 Å². The maximum atomic E-state index is 11.5. The van der Waals surface area contributed by atoms with Crippen molar-refractivity contribution in [1.29, 1.82) is 0 Å². The molecule has 2 N–H and O–H groups in total. The Kier molecular flexibility index (Phi) is 4.44. The maximum absolute atomic E-state index is 11.5. The SMILES string of the molecule is CCC[N+]1(S(=O)(=O)O)CC(C)C(CS(=O)(=O)O)C1. The standard InChI is InChI=1S/C9H19NO6S2/c1-3-4-10(18(14,15)16)5-8(2)9(6-10)7-17(11,12)13/h8-9H,3-7H2,1-2H3,(H-,11,12,13,14,15,16)/p+1. The number of hydrogen-bond donors (Lipinski definition) is 2. The zero-order valence-corrected chi connectivity index (χ0v) is 12.1. The van der Waals surface area contributed by atoms with Crippen molar-refractivity contribution in [3.05, 3.63) is 0 Å². The van der Waals surface area contributed by atoms with Crippen LogP contribution in [0.5, 0.6) is 0 Å². The van der Waals surface area contributed by atoms with E-state index in [0.29, 0.717) is 6.42 Å². The van der Waals surface area contributed by atoms with E-state index in [-0.39, 0.29) is 25.6 Å². The first-order valence-electron chi connectivity index (χ1n) is 5.79. The Hall–Kier alpha value is -0.220. The van der Waals surface area contributed by atoms with E-state index < -0.39 is 36.0 Å². The average Bonchev–Trinajstić information content (AvgIpc) is 2.41. The smallest absolute Gasteiger partial charge is 0.286 e. The molecular weight excluding hydrogens is 282 g/mol. The summed E-state index contributed by atoms with van der Waals surface area (Å²) in [5.41, 5.74) is 0. The second-order valence-electron chi connectivity index (χ2n) is 5.08. The molecule has 1 aliphatic heterocycles. The van der Waals surface area contributed by atoms with E-state index in [1.165, 1.54) is 0 Å². The first-order valence-corrected chi connectivity index (χ1v) is 8.80. The van der Waals surface area contributed by atoms with E-state index >= 15 is 0 Å². The highest BCUT2D eigenvalue weighted by Crippen LogP contribution is 2.33. The number of rotatable bonds is 5. The van der Waals surface area contributed by atoms with Gasteiger partial charge in [0.05, 0.1) is 25.4 Å². The van der Waals surface area contributed by atoms with Gasteiger partial charge in [-0.05, 0) is 6.42 Å². The number of quaternary nitrogens is 1. The molecule has 18 heavy (non-hydrogen) atoms. The molecule has 1 fully saturated rings. The van der Waals surface area contributed by atoms with Crippen molar-refractivity contribution in [3.63, 3.8) is 0 Å². The van der Waals surface area contributed by atoms with Crippen LogP contribution >= 0.6 is 0 Å². The second kappa shape index (κ2) is 5.04. The predicted molar refractivity (Wildman–Crippen MR) is 65.8 cm³/mol. The van der Waals surface area contributed by atoms with E-state index in [1.54, 1.807) is 13.8 Å². The molecule has 1 heterocycles. The summed E-state index contributed by atoms with van der Waals surface area (Å²) < 4.78 is 62.5. The molecular formula is C9H20NO6S2+. The molecule has 0 aromatic rings. The fraction of sp³-hybridized carbons (Fsp3) is 1.00. The second-order valence-corrected chi connectivity index (χ2v) is 8.25. The number of likely N-dealkylation sites (tertiary alicyclic amines) is 1. The van der Waals surface area contributed by atoms with Crippen molar-refractivity contribution in [2.75, 3.05) is 25.4 Å². The largest absolute Gasteiger partial charge is 0.432 e. The van der Waals surface area contributed by atoms with Gasteiger partial charge >= 0.3 is 10.3 Å². The molecule has 3 unspecified atom stereocenters. The van der Waals surface area contributed by atoms with Gasteiger partial charge < -0.3 is 0 Å². The van der Waals surface area contributed by atoms with Crippen LogP contribution in [0.2, 0.25) is 0 Å². The predicted octanol–water partition coefficient (Wildman–Crippen LogP) is 0.170. The van der Waals surface area contributed by atoms with Crippen molar-refractivity contribution in [1.82, 2.24) is 0 Å². The first kappa shape index (κ1) is 15.8. The molecule has 0 amide bonds. The van der Waals surface area contributed by atoms with Crippen LogP contribution in [-0.4, -0.2) is 55.2 Å². The molecule has 1 aliphatic rings. The van der Waals surface area contributed by atoms with E-state index in [0.717, 1.165) is 0 Å². The van der Waals surface area contributed by atoms with Crippen LogP contribution in [0.4, 0.5) is 0 Å². The van der Waals surface area contributed by atoms with Crippen molar-refractivity contribution < 1.29 is 29.8 Å². The molecule has 0 aliphatic carbocycles. The van der Waals surface area contributed by atoms with Gasteiger partial charge in [0.1, 0.15) is 0 Å². The lowest BCUT2D eigenvalue weighted by atomic mass is 10.0. The molecule has 0 aromatic heterocycles. The van der Waals surface area contributed by atoms with Gasteiger partial charge in [-0.2, -0.15) is 12.3 Å². The Morgan fingerprint density at radius 3 is 2.11 bits per heavy atom. The molecule has 0 saturated carbocycles. The summed E-state index contributed by atoms with van der Waals surface area (Å²) in [6.07, 6.45) is 0.561. The van der Waals surface area contributed by atoms with Crippen LogP contribution in [0.1, 0.15) is 20.3 Å². The van der Waals surface area contributed by atoms with Gasteiger partial charge in [-0.15, -0.1) is 8.42 Å². The van der Waals surface area contributed by atoms with Gasteiger partial charge in [-0.3, -0.25) is 4.55 Å². The lowest BCUT2D eigenvalue weighted by Gasteiger charge is -2.29. The van der Waals surface area contributed by atoms with E-state index in [4.69, 9.17) is 4.55 Å². The Balaban J connectivity index is 3.01. The lowest BCUT2D eigenvalue weighted by Crippen LogP contribution is -2.51. The summed E-state index contributed by atoms with van der Waals surface area (Å²) in [6.45, 7) is 3.97. The van der Waals surface area contributed by atoms with Crippen LogP contribution in [0.25, 0.3) is 0 Å². The van der Waals surface area contributed by atoms with Crippen molar-refractivity contribution in [2.24, 2.45) is 11.8 Å². The van der Waals surface area contributed by atoms with Gasteiger partial charge in [0.15, 0.2) is 0 Å². The normalized spacial score (nSPS) is 33.8. The number of hydrogen-bond acceptors (Lipinski definition) is 4. The zero-order valence-electron chi connectivity index (χ0n) is 10.5. The average molecular weight is 302 g/mol. The maximum Gasteiger partial charge on any atom is 0.432 e. The quantitative estimate of drug-likeness (QED) is 0.553. The van der Waals surface area contributed by atoms with E-state index in [2.05, 4.69) is 0 Å². The minimum atomic E-state index is -4.29. The highest BCUT2D eigenvalue weighted by molar-refractivity contribution is 7.85. The third-order valence-corrected chi connectivity index (χ3v) is 5.85. The molecule has 1 rings (SSSR count). The highest BCUT2D eigenvalue weighted by atomic mass is 32.2. The summed E-state index contributed by atoms with van der Waals surface area (Å²) >= 11 is 0. The lowest BCUT2D eigenvalue weighted by molar-refractivity contribution is -0.800. The van der Waals surface area contributed by atoms with Crippen LogP contribution in [0.15, 0.2) is 0 Å². The Morgan fingerprint density at radius 1 is 1.17 bits per heavy atom. The van der Waals surface area contributed by atoms with Crippen LogP contribution in [0.3, 0.4) is 0 Å². The Labute approximate surface area is 108 Å². The van der Waals surface area contributed by atoms with Crippen LogP contribution in [-0.2, 0) is 20.4 Å². The summed E-state index contributed by atoms with van der Waals surface area (Å²) in [7, 11) is -8.42. The van der Waals surface area contributed by atoms with Gasteiger partial charge in [0.2, 0.25) is 0 Å². The molecule has 0 spiro atoms. The first-order chi connectivity index (χ1) is 8.01. The summed E-state index contributed by atoms with van der Waals surface area (Å²) in [5.74, 6) is -1.12. The zero-order chi connectivity index (χ0) is 14.2. The Morgan fingerprint density at radius 2 is 1.72 bits per heavy atom. The van der Waals surface area contributed by atoms with Gasteiger partial charge in [0.25, 0.3) is 10.1 Å². The molecule has 0 aromatic carbocycles. The minimum absolute atomic E-state index is 0.0215. The summed E-state index contributed by atoms with van der Waals surface area (Å²) in [5, 5.41) is 0. The molecule has 1 saturated heterocycles. The van der Waals surface area contributed by atoms with Gasteiger partial charge in [-0.25, -0.2) is 4.55 Å². The Bertz CT molecular complexity index is 499. The van der Waals surface area contributed by atoms with Gasteiger partial charge in [-0.1, -0.05) is 13.8 Å². The highest BCUT2D eigenvalue weighted by Gasteiger charge is 2.51. The molecule has 7 nitrogen and oxygen atoms in total. The van der Waals surface area contributed by atoms with E-state index in [9.17, 15) is 21.4 Å². The fourth-order valence-corrected chi connectivity index (χ4v) is 4.93. The molecule has 0 radical (unpaired) electrons. The summed E-state index contributed by atoms with van der Waals surface area (Å²) in [4.78, 5) is 0. The molecule has 108 valence electrons. The van der Waals surface area contributed by atoms with Crippen LogP contribution in [0, 0.1) is 11.8 Å². The molecule has 3 atom stereocenters.